The third-order valence-electron chi connectivity index (χ3n) is 4.53. The van der Waals surface area contributed by atoms with Crippen LogP contribution in [0.2, 0.25) is 0 Å². The van der Waals surface area contributed by atoms with Gasteiger partial charge in [-0.1, -0.05) is 6.42 Å². The van der Waals surface area contributed by atoms with Crippen LogP contribution in [-0.2, 0) is 4.79 Å². The molecule has 2 aliphatic heterocycles. The van der Waals surface area contributed by atoms with Gasteiger partial charge in [-0.15, -0.1) is 0 Å². The van der Waals surface area contributed by atoms with Crippen molar-refractivity contribution in [1.29, 1.82) is 0 Å². The van der Waals surface area contributed by atoms with Crippen molar-refractivity contribution >= 4 is 5.97 Å². The summed E-state index contributed by atoms with van der Waals surface area (Å²) in [6, 6.07) is 0.747. The van der Waals surface area contributed by atoms with E-state index in [9.17, 15) is 4.79 Å². The standard InChI is InChI=1S/C14H26N2O2/c1-15-7-3-2-4-13(15)6-9-16-8-5-12(11-16)10-14(17)18/h12-13H,2-11H2,1H3,(H,17,18). The second-order valence-corrected chi connectivity index (χ2v) is 5.97. The average Bonchev–Trinajstić information content (AvgIpc) is 2.75. The summed E-state index contributed by atoms with van der Waals surface area (Å²) < 4.78 is 0. The first-order valence-electron chi connectivity index (χ1n) is 7.29. The van der Waals surface area contributed by atoms with E-state index in [1.807, 2.05) is 0 Å². The third kappa shape index (κ3) is 3.95. The summed E-state index contributed by atoms with van der Waals surface area (Å²) in [6.45, 7) is 4.47. The molecule has 1 N–H and O–H groups in total. The number of carboxylic acid groups (broad SMARTS) is 1. The zero-order valence-corrected chi connectivity index (χ0v) is 11.5. The van der Waals surface area contributed by atoms with Crippen molar-refractivity contribution in [3.63, 3.8) is 0 Å². The van der Waals surface area contributed by atoms with Gasteiger partial charge in [0.25, 0.3) is 0 Å². The van der Waals surface area contributed by atoms with Crippen LogP contribution in [0.5, 0.6) is 0 Å². The molecule has 2 aliphatic rings. The Morgan fingerprint density at radius 1 is 1.28 bits per heavy atom. The van der Waals surface area contributed by atoms with Crippen molar-refractivity contribution in [1.82, 2.24) is 9.80 Å². The SMILES string of the molecule is CN1CCCCC1CCN1CCC(CC(=O)O)C1. The minimum atomic E-state index is -0.645. The molecule has 0 aromatic rings. The van der Waals surface area contributed by atoms with Gasteiger partial charge in [-0.05, 0) is 58.3 Å². The van der Waals surface area contributed by atoms with E-state index < -0.39 is 5.97 Å². The minimum Gasteiger partial charge on any atom is -0.481 e. The smallest absolute Gasteiger partial charge is 0.303 e. The number of nitrogens with zero attached hydrogens (tertiary/aromatic N) is 2. The van der Waals surface area contributed by atoms with Gasteiger partial charge in [0.1, 0.15) is 0 Å². The zero-order chi connectivity index (χ0) is 13.0. The van der Waals surface area contributed by atoms with Crippen LogP contribution in [-0.4, -0.2) is 60.1 Å². The van der Waals surface area contributed by atoms with E-state index >= 15 is 0 Å². The summed E-state index contributed by atoms with van der Waals surface area (Å²) in [6.07, 6.45) is 6.71. The predicted molar refractivity (Wildman–Crippen MR) is 71.7 cm³/mol. The minimum absolute atomic E-state index is 0.347. The van der Waals surface area contributed by atoms with Gasteiger partial charge in [-0.2, -0.15) is 0 Å². The lowest BCUT2D eigenvalue weighted by Gasteiger charge is -2.33. The van der Waals surface area contributed by atoms with E-state index in [4.69, 9.17) is 5.11 Å². The molecule has 2 heterocycles. The number of likely N-dealkylation sites (tertiary alicyclic amines) is 2. The van der Waals surface area contributed by atoms with Crippen molar-refractivity contribution < 1.29 is 9.90 Å². The molecule has 2 fully saturated rings. The second-order valence-electron chi connectivity index (χ2n) is 5.97. The normalized spacial score (nSPS) is 30.7. The molecule has 0 aromatic heterocycles. The van der Waals surface area contributed by atoms with E-state index in [1.54, 1.807) is 0 Å². The third-order valence-corrected chi connectivity index (χ3v) is 4.53. The molecule has 104 valence electrons. The summed E-state index contributed by atoms with van der Waals surface area (Å²) in [4.78, 5) is 15.6. The van der Waals surface area contributed by atoms with Gasteiger partial charge in [0.05, 0.1) is 0 Å². The predicted octanol–water partition coefficient (Wildman–Crippen LogP) is 1.66. The van der Waals surface area contributed by atoms with E-state index in [0.717, 1.165) is 32.1 Å². The van der Waals surface area contributed by atoms with Crippen LogP contribution in [0.25, 0.3) is 0 Å². The van der Waals surface area contributed by atoms with Crippen molar-refractivity contribution in [3.05, 3.63) is 0 Å². The second kappa shape index (κ2) is 6.53. The molecule has 4 nitrogen and oxygen atoms in total. The molecular formula is C14H26N2O2. The molecule has 4 heteroatoms. The van der Waals surface area contributed by atoms with Crippen LogP contribution in [0.4, 0.5) is 0 Å². The topological polar surface area (TPSA) is 43.8 Å². The van der Waals surface area contributed by atoms with Crippen molar-refractivity contribution in [2.45, 2.75) is 44.6 Å². The van der Waals surface area contributed by atoms with Gasteiger partial charge in [0.15, 0.2) is 0 Å². The monoisotopic (exact) mass is 254 g/mol. The van der Waals surface area contributed by atoms with Crippen LogP contribution in [0, 0.1) is 5.92 Å². The first-order valence-corrected chi connectivity index (χ1v) is 7.29. The molecule has 2 rings (SSSR count). The number of hydrogen-bond acceptors (Lipinski definition) is 3. The van der Waals surface area contributed by atoms with Crippen LogP contribution in [0.1, 0.15) is 38.5 Å². The quantitative estimate of drug-likeness (QED) is 0.810. The van der Waals surface area contributed by atoms with E-state index in [0.29, 0.717) is 12.3 Å². The first-order chi connectivity index (χ1) is 8.65. The van der Waals surface area contributed by atoms with Crippen molar-refractivity contribution in [2.75, 3.05) is 33.2 Å². The Bertz CT molecular complexity index is 283. The maximum absolute atomic E-state index is 10.7. The fraction of sp³-hybridized carbons (Fsp3) is 0.929. The van der Waals surface area contributed by atoms with Gasteiger partial charge in [-0.3, -0.25) is 4.79 Å². The fourth-order valence-electron chi connectivity index (χ4n) is 3.37. The van der Waals surface area contributed by atoms with E-state index in [2.05, 4.69) is 16.8 Å². The number of hydrogen-bond donors (Lipinski definition) is 1. The molecule has 18 heavy (non-hydrogen) atoms. The lowest BCUT2D eigenvalue weighted by atomic mass is 10.00. The lowest BCUT2D eigenvalue weighted by molar-refractivity contribution is -0.138. The Morgan fingerprint density at radius 3 is 2.83 bits per heavy atom. The van der Waals surface area contributed by atoms with Gasteiger partial charge in [0, 0.05) is 19.0 Å². The number of piperidine rings is 1. The van der Waals surface area contributed by atoms with Crippen molar-refractivity contribution in [3.8, 4) is 0 Å². The summed E-state index contributed by atoms with van der Waals surface area (Å²) in [5.74, 6) is -0.263. The highest BCUT2D eigenvalue weighted by Gasteiger charge is 2.26. The molecule has 0 bridgehead atoms. The Labute approximate surface area is 110 Å². The van der Waals surface area contributed by atoms with Crippen LogP contribution in [0.15, 0.2) is 0 Å². The summed E-state index contributed by atoms with van der Waals surface area (Å²) in [5, 5.41) is 8.80. The molecule has 0 saturated carbocycles. The highest BCUT2D eigenvalue weighted by molar-refractivity contribution is 5.67. The summed E-state index contributed by atoms with van der Waals surface area (Å²) in [5.41, 5.74) is 0. The van der Waals surface area contributed by atoms with Gasteiger partial charge < -0.3 is 14.9 Å². The zero-order valence-electron chi connectivity index (χ0n) is 11.5. The van der Waals surface area contributed by atoms with Gasteiger partial charge in [0.2, 0.25) is 0 Å². The largest absolute Gasteiger partial charge is 0.481 e. The molecule has 0 aromatic carbocycles. The molecule has 2 atom stereocenters. The van der Waals surface area contributed by atoms with Gasteiger partial charge >= 0.3 is 5.97 Å². The summed E-state index contributed by atoms with van der Waals surface area (Å²) in [7, 11) is 2.24. The van der Waals surface area contributed by atoms with Crippen LogP contribution < -0.4 is 0 Å². The Hall–Kier alpha value is -0.610. The Balaban J connectivity index is 1.66. The van der Waals surface area contributed by atoms with E-state index in [-0.39, 0.29) is 0 Å². The maximum Gasteiger partial charge on any atom is 0.303 e. The lowest BCUT2D eigenvalue weighted by Crippen LogP contribution is -2.38. The molecular weight excluding hydrogens is 228 g/mol. The molecule has 0 spiro atoms. The van der Waals surface area contributed by atoms with Gasteiger partial charge in [-0.25, -0.2) is 0 Å². The van der Waals surface area contributed by atoms with Crippen molar-refractivity contribution in [2.24, 2.45) is 5.92 Å². The molecule has 0 radical (unpaired) electrons. The Kier molecular flexibility index (Phi) is 5.01. The number of carboxylic acids is 1. The Morgan fingerprint density at radius 2 is 2.11 bits per heavy atom. The highest BCUT2D eigenvalue weighted by Crippen LogP contribution is 2.22. The maximum atomic E-state index is 10.7. The molecule has 2 unspecified atom stereocenters. The number of aliphatic carboxylic acids is 1. The highest BCUT2D eigenvalue weighted by atomic mass is 16.4. The first kappa shape index (κ1) is 13.8. The van der Waals surface area contributed by atoms with E-state index in [1.165, 1.54) is 32.2 Å². The molecule has 0 aliphatic carbocycles. The fourth-order valence-corrected chi connectivity index (χ4v) is 3.37. The van der Waals surface area contributed by atoms with Crippen LogP contribution in [0.3, 0.4) is 0 Å². The molecule has 0 amide bonds. The van der Waals surface area contributed by atoms with Crippen LogP contribution >= 0.6 is 0 Å². The average molecular weight is 254 g/mol. The summed E-state index contributed by atoms with van der Waals surface area (Å²) >= 11 is 0. The number of rotatable bonds is 5. The number of carbonyl (C=O) groups is 1. The molecule has 2 saturated heterocycles.